The van der Waals surface area contributed by atoms with Gasteiger partial charge in [0.1, 0.15) is 0 Å². The van der Waals surface area contributed by atoms with Crippen LogP contribution in [0.4, 0.5) is 0 Å². The number of hydrogen-bond donors (Lipinski definition) is 0. The third kappa shape index (κ3) is 2.78. The smallest absolute Gasteiger partial charge is 0.0651 e. The molecule has 2 heteroatoms. The second kappa shape index (κ2) is 6.78. The lowest BCUT2D eigenvalue weighted by atomic mass is 10.0. The Morgan fingerprint density at radius 1 is 0.909 bits per heavy atom. The molecule has 0 aliphatic carbocycles. The van der Waals surface area contributed by atoms with Crippen molar-refractivity contribution in [2.75, 3.05) is 0 Å². The molecule has 2 aromatic heterocycles. The summed E-state index contributed by atoms with van der Waals surface area (Å²) in [7, 11) is 0. The minimum absolute atomic E-state index is 0.835. The van der Waals surface area contributed by atoms with Crippen molar-refractivity contribution in [3.63, 3.8) is 0 Å². The molecule has 0 N–H and O–H groups in total. The standard InChI is InChI=1S/C18H20N2.C2H6/c1-12-8-9-13(2)18-17(12)14(3)15(4)20(18)11-16-7-5-6-10-19-16;1-2/h5-10H,11H2,1-4H3;1-2H3. The molecule has 0 spiro atoms. The molecule has 0 unspecified atom stereocenters. The first-order valence-electron chi connectivity index (χ1n) is 8.05. The third-order valence-electron chi connectivity index (χ3n) is 4.23. The molecule has 1 aromatic carbocycles. The van der Waals surface area contributed by atoms with Crippen LogP contribution < -0.4 is 0 Å². The maximum atomic E-state index is 4.46. The number of rotatable bonds is 2. The van der Waals surface area contributed by atoms with Crippen LogP contribution in [0.15, 0.2) is 36.5 Å². The zero-order valence-electron chi connectivity index (χ0n) is 14.6. The summed E-state index contributed by atoms with van der Waals surface area (Å²) in [6.07, 6.45) is 1.86. The van der Waals surface area contributed by atoms with Crippen LogP contribution in [-0.2, 0) is 6.54 Å². The van der Waals surface area contributed by atoms with E-state index in [4.69, 9.17) is 0 Å². The summed E-state index contributed by atoms with van der Waals surface area (Å²) in [5.74, 6) is 0. The highest BCUT2D eigenvalue weighted by Gasteiger charge is 2.14. The van der Waals surface area contributed by atoms with Crippen molar-refractivity contribution >= 4 is 10.9 Å². The van der Waals surface area contributed by atoms with Crippen molar-refractivity contribution < 1.29 is 0 Å². The van der Waals surface area contributed by atoms with E-state index in [0.29, 0.717) is 0 Å². The van der Waals surface area contributed by atoms with Crippen LogP contribution in [0.25, 0.3) is 10.9 Å². The normalized spacial score (nSPS) is 10.5. The number of fused-ring (bicyclic) bond motifs is 1. The van der Waals surface area contributed by atoms with Gasteiger partial charge in [0.25, 0.3) is 0 Å². The van der Waals surface area contributed by atoms with Gasteiger partial charge in [0, 0.05) is 17.3 Å². The first kappa shape index (κ1) is 16.3. The molecule has 3 aromatic rings. The molecule has 0 radical (unpaired) electrons. The molecule has 22 heavy (non-hydrogen) atoms. The maximum Gasteiger partial charge on any atom is 0.0651 e. The molecule has 0 saturated carbocycles. The number of aromatic nitrogens is 2. The van der Waals surface area contributed by atoms with E-state index < -0.39 is 0 Å². The Morgan fingerprint density at radius 2 is 1.59 bits per heavy atom. The molecule has 3 rings (SSSR count). The van der Waals surface area contributed by atoms with Crippen LogP contribution in [-0.4, -0.2) is 9.55 Å². The van der Waals surface area contributed by atoms with Crippen molar-refractivity contribution in [2.24, 2.45) is 0 Å². The highest BCUT2D eigenvalue weighted by molar-refractivity contribution is 5.90. The van der Waals surface area contributed by atoms with Crippen molar-refractivity contribution in [2.45, 2.75) is 48.1 Å². The third-order valence-corrected chi connectivity index (χ3v) is 4.23. The highest BCUT2D eigenvalue weighted by Crippen LogP contribution is 2.30. The Labute approximate surface area is 133 Å². The van der Waals surface area contributed by atoms with Gasteiger partial charge < -0.3 is 4.57 Å². The molecule has 0 amide bonds. The number of aryl methyl sites for hydroxylation is 3. The predicted octanol–water partition coefficient (Wildman–Crippen LogP) is 5.34. The molecular weight excluding hydrogens is 268 g/mol. The van der Waals surface area contributed by atoms with Crippen LogP contribution in [0, 0.1) is 27.7 Å². The molecular formula is C20H26N2. The van der Waals surface area contributed by atoms with Gasteiger partial charge in [-0.3, -0.25) is 4.98 Å². The van der Waals surface area contributed by atoms with Gasteiger partial charge in [-0.1, -0.05) is 32.0 Å². The predicted molar refractivity (Wildman–Crippen MR) is 95.6 cm³/mol. The largest absolute Gasteiger partial charge is 0.338 e. The first-order valence-corrected chi connectivity index (χ1v) is 8.05. The fraction of sp³-hybridized carbons (Fsp3) is 0.350. The zero-order valence-corrected chi connectivity index (χ0v) is 14.6. The number of pyridine rings is 1. The van der Waals surface area contributed by atoms with Gasteiger partial charge in [0.2, 0.25) is 0 Å². The molecule has 0 aliphatic rings. The van der Waals surface area contributed by atoms with E-state index in [2.05, 4.69) is 55.4 Å². The van der Waals surface area contributed by atoms with Gasteiger partial charge >= 0.3 is 0 Å². The fourth-order valence-electron chi connectivity index (χ4n) is 3.02. The number of nitrogens with zero attached hydrogens (tertiary/aromatic N) is 2. The van der Waals surface area contributed by atoms with Gasteiger partial charge in [-0.25, -0.2) is 0 Å². The average Bonchev–Trinajstić information content (AvgIpc) is 2.80. The summed E-state index contributed by atoms with van der Waals surface area (Å²) in [4.78, 5) is 4.46. The van der Waals surface area contributed by atoms with Crippen molar-refractivity contribution in [1.29, 1.82) is 0 Å². The van der Waals surface area contributed by atoms with E-state index in [9.17, 15) is 0 Å². The lowest BCUT2D eigenvalue weighted by Crippen LogP contribution is -2.04. The highest BCUT2D eigenvalue weighted by atomic mass is 15.0. The van der Waals surface area contributed by atoms with Crippen molar-refractivity contribution in [3.8, 4) is 0 Å². The van der Waals surface area contributed by atoms with Gasteiger partial charge in [0.15, 0.2) is 0 Å². The molecule has 0 saturated heterocycles. The van der Waals surface area contributed by atoms with Crippen molar-refractivity contribution in [3.05, 3.63) is 64.6 Å². The van der Waals surface area contributed by atoms with E-state index in [1.165, 1.54) is 33.3 Å². The van der Waals surface area contributed by atoms with E-state index in [1.807, 2.05) is 32.2 Å². The molecule has 0 bridgehead atoms. The van der Waals surface area contributed by atoms with E-state index in [0.717, 1.165) is 12.2 Å². The zero-order chi connectivity index (χ0) is 16.3. The Kier molecular flexibility index (Phi) is 5.02. The number of benzene rings is 1. The topological polar surface area (TPSA) is 17.8 Å². The fourth-order valence-corrected chi connectivity index (χ4v) is 3.02. The van der Waals surface area contributed by atoms with Crippen molar-refractivity contribution in [1.82, 2.24) is 9.55 Å². The second-order valence-corrected chi connectivity index (χ2v) is 5.54. The van der Waals surface area contributed by atoms with Crippen LogP contribution in [0.5, 0.6) is 0 Å². The first-order chi connectivity index (χ1) is 10.6. The quantitative estimate of drug-likeness (QED) is 0.623. The average molecular weight is 294 g/mol. The monoisotopic (exact) mass is 294 g/mol. The van der Waals surface area contributed by atoms with Crippen LogP contribution >= 0.6 is 0 Å². The maximum absolute atomic E-state index is 4.46. The van der Waals surface area contributed by atoms with Crippen LogP contribution in [0.3, 0.4) is 0 Å². The Balaban J connectivity index is 0.000000847. The van der Waals surface area contributed by atoms with Gasteiger partial charge in [-0.15, -0.1) is 0 Å². The molecule has 2 heterocycles. The van der Waals surface area contributed by atoms with Crippen LogP contribution in [0.2, 0.25) is 0 Å². The Bertz CT molecular complexity index is 767. The SMILES string of the molecule is CC.Cc1ccc(C)c2c1c(C)c(C)n2Cc1ccccn1. The molecule has 0 fully saturated rings. The lowest BCUT2D eigenvalue weighted by Gasteiger charge is -2.10. The summed E-state index contributed by atoms with van der Waals surface area (Å²) < 4.78 is 2.40. The minimum Gasteiger partial charge on any atom is -0.338 e. The summed E-state index contributed by atoms with van der Waals surface area (Å²) in [6, 6.07) is 10.5. The molecule has 0 aliphatic heterocycles. The van der Waals surface area contributed by atoms with E-state index in [1.54, 1.807) is 0 Å². The van der Waals surface area contributed by atoms with E-state index in [-0.39, 0.29) is 0 Å². The molecule has 116 valence electrons. The van der Waals surface area contributed by atoms with Gasteiger partial charge in [0.05, 0.1) is 17.8 Å². The molecule has 2 nitrogen and oxygen atoms in total. The minimum atomic E-state index is 0.835. The van der Waals surface area contributed by atoms with Gasteiger partial charge in [-0.05, 0) is 56.5 Å². The summed E-state index contributed by atoms with van der Waals surface area (Å²) >= 11 is 0. The Morgan fingerprint density at radius 3 is 2.23 bits per heavy atom. The van der Waals surface area contributed by atoms with E-state index >= 15 is 0 Å². The summed E-state index contributed by atoms with van der Waals surface area (Å²) in [5.41, 5.74) is 7.86. The van der Waals surface area contributed by atoms with Gasteiger partial charge in [-0.2, -0.15) is 0 Å². The number of hydrogen-bond acceptors (Lipinski definition) is 1. The summed E-state index contributed by atoms with van der Waals surface area (Å²) in [5, 5.41) is 1.40. The lowest BCUT2D eigenvalue weighted by molar-refractivity contribution is 0.775. The summed E-state index contributed by atoms with van der Waals surface area (Å²) in [6.45, 7) is 13.6. The Hall–Kier alpha value is -2.09. The second-order valence-electron chi connectivity index (χ2n) is 5.54. The van der Waals surface area contributed by atoms with Crippen LogP contribution in [0.1, 0.15) is 41.9 Å². The molecule has 0 atom stereocenters.